The summed E-state index contributed by atoms with van der Waals surface area (Å²) in [6.07, 6.45) is 0.951. The van der Waals surface area contributed by atoms with Crippen LogP contribution in [0.5, 0.6) is 0 Å². The molecular formula is C36H40ClN3O4S. The monoisotopic (exact) mass is 645 g/mol. The van der Waals surface area contributed by atoms with Crippen LogP contribution in [0.1, 0.15) is 42.5 Å². The van der Waals surface area contributed by atoms with Gasteiger partial charge in [-0.05, 0) is 85.8 Å². The number of amides is 2. The summed E-state index contributed by atoms with van der Waals surface area (Å²) in [6, 6.07) is 29.0. The maximum atomic E-state index is 14.6. The molecule has 0 aliphatic heterocycles. The highest BCUT2D eigenvalue weighted by Crippen LogP contribution is 2.27. The van der Waals surface area contributed by atoms with Crippen molar-refractivity contribution < 1.29 is 18.0 Å². The number of hydrogen-bond donors (Lipinski definition) is 1. The molecule has 45 heavy (non-hydrogen) atoms. The quantitative estimate of drug-likeness (QED) is 0.175. The Bertz CT molecular complexity index is 1690. The molecule has 0 aromatic heterocycles. The molecule has 0 bridgehead atoms. The average Bonchev–Trinajstić information content (AvgIpc) is 3.01. The Labute approximate surface area is 271 Å². The van der Waals surface area contributed by atoms with Gasteiger partial charge in [-0.1, -0.05) is 85.3 Å². The van der Waals surface area contributed by atoms with Gasteiger partial charge in [-0.15, -0.1) is 0 Å². The Morgan fingerprint density at radius 1 is 0.822 bits per heavy atom. The molecule has 4 rings (SSSR count). The molecule has 2 atom stereocenters. The number of sulfonamides is 1. The zero-order chi connectivity index (χ0) is 32.6. The lowest BCUT2D eigenvalue weighted by atomic mass is 10.0. The highest BCUT2D eigenvalue weighted by atomic mass is 35.5. The smallest absolute Gasteiger partial charge is 0.264 e. The Morgan fingerprint density at radius 3 is 2.02 bits per heavy atom. The molecule has 0 heterocycles. The molecule has 0 spiro atoms. The summed E-state index contributed by atoms with van der Waals surface area (Å²) >= 11 is 6.32. The Hall–Kier alpha value is -4.14. The molecule has 2 amide bonds. The lowest BCUT2D eigenvalue weighted by molar-refractivity contribution is -0.140. The van der Waals surface area contributed by atoms with Crippen molar-refractivity contribution in [1.82, 2.24) is 10.2 Å². The van der Waals surface area contributed by atoms with Crippen molar-refractivity contribution in [2.24, 2.45) is 0 Å². The van der Waals surface area contributed by atoms with Gasteiger partial charge in [0, 0.05) is 24.0 Å². The van der Waals surface area contributed by atoms with Gasteiger partial charge in [0.2, 0.25) is 11.8 Å². The van der Waals surface area contributed by atoms with E-state index in [1.165, 1.54) is 17.0 Å². The molecule has 0 saturated heterocycles. The molecule has 1 N–H and O–H groups in total. The minimum atomic E-state index is -4.16. The van der Waals surface area contributed by atoms with Crippen LogP contribution in [0, 0.1) is 13.8 Å². The van der Waals surface area contributed by atoms with Gasteiger partial charge in [0.25, 0.3) is 10.0 Å². The zero-order valence-electron chi connectivity index (χ0n) is 26.1. The van der Waals surface area contributed by atoms with Gasteiger partial charge < -0.3 is 10.2 Å². The highest BCUT2D eigenvalue weighted by Gasteiger charge is 2.35. The van der Waals surface area contributed by atoms with E-state index in [1.54, 1.807) is 48.5 Å². The first-order valence-corrected chi connectivity index (χ1v) is 16.8. The third-order valence-corrected chi connectivity index (χ3v) is 9.64. The summed E-state index contributed by atoms with van der Waals surface area (Å²) in [6.45, 7) is 7.19. The van der Waals surface area contributed by atoms with E-state index in [1.807, 2.05) is 70.2 Å². The first-order chi connectivity index (χ1) is 21.5. The van der Waals surface area contributed by atoms with E-state index >= 15 is 0 Å². The highest BCUT2D eigenvalue weighted by molar-refractivity contribution is 7.92. The van der Waals surface area contributed by atoms with E-state index in [0.717, 1.165) is 21.0 Å². The number of halogens is 1. The predicted molar refractivity (Wildman–Crippen MR) is 181 cm³/mol. The number of carbonyl (C=O) groups excluding carboxylic acids is 2. The average molecular weight is 646 g/mol. The fraction of sp³-hybridized carbons (Fsp3) is 0.278. The fourth-order valence-electron chi connectivity index (χ4n) is 5.17. The Kier molecular flexibility index (Phi) is 11.4. The van der Waals surface area contributed by atoms with Crippen molar-refractivity contribution in [3.05, 3.63) is 130 Å². The van der Waals surface area contributed by atoms with Gasteiger partial charge in [0.1, 0.15) is 12.6 Å². The number of hydrogen-bond acceptors (Lipinski definition) is 4. The summed E-state index contributed by atoms with van der Waals surface area (Å²) < 4.78 is 29.4. The largest absolute Gasteiger partial charge is 0.352 e. The first kappa shape index (κ1) is 33.7. The van der Waals surface area contributed by atoms with Crippen molar-refractivity contribution in [2.75, 3.05) is 10.8 Å². The number of nitrogens with zero attached hydrogens (tertiary/aromatic N) is 2. The number of carbonyl (C=O) groups is 2. The van der Waals surface area contributed by atoms with Crippen LogP contribution < -0.4 is 9.62 Å². The van der Waals surface area contributed by atoms with Gasteiger partial charge in [-0.2, -0.15) is 0 Å². The second kappa shape index (κ2) is 15.2. The van der Waals surface area contributed by atoms with E-state index in [4.69, 9.17) is 11.6 Å². The first-order valence-electron chi connectivity index (χ1n) is 15.0. The van der Waals surface area contributed by atoms with Gasteiger partial charge in [-0.3, -0.25) is 13.9 Å². The zero-order valence-corrected chi connectivity index (χ0v) is 27.7. The number of nitrogens with one attached hydrogen (secondary N) is 1. The van der Waals surface area contributed by atoms with Gasteiger partial charge in [0.05, 0.1) is 10.6 Å². The molecule has 7 nitrogen and oxygen atoms in total. The third-order valence-electron chi connectivity index (χ3n) is 7.62. The van der Waals surface area contributed by atoms with Crippen molar-refractivity contribution in [3.8, 4) is 0 Å². The van der Waals surface area contributed by atoms with Crippen LogP contribution in [0.3, 0.4) is 0 Å². The predicted octanol–water partition coefficient (Wildman–Crippen LogP) is 6.71. The SMILES string of the molecule is CC[C@H](C)NC(=O)[C@H](Cc1ccccc1)N(Cc1cccc(Cl)c1)C(=O)CN(c1cc(C)cc(C)c1)S(=O)(=O)c1ccccc1. The normalized spacial score (nSPS) is 12.6. The summed E-state index contributed by atoms with van der Waals surface area (Å²) in [7, 11) is -4.16. The number of anilines is 1. The van der Waals surface area contributed by atoms with E-state index in [2.05, 4.69) is 5.32 Å². The summed E-state index contributed by atoms with van der Waals surface area (Å²) in [5.41, 5.74) is 3.67. The van der Waals surface area contributed by atoms with Crippen LogP contribution in [0.4, 0.5) is 5.69 Å². The van der Waals surface area contributed by atoms with Crippen LogP contribution in [0.15, 0.2) is 108 Å². The molecule has 0 fully saturated rings. The molecular weight excluding hydrogens is 606 g/mol. The maximum absolute atomic E-state index is 14.6. The van der Waals surface area contributed by atoms with Crippen molar-refractivity contribution in [3.63, 3.8) is 0 Å². The third kappa shape index (κ3) is 8.96. The second-order valence-electron chi connectivity index (χ2n) is 11.3. The minimum Gasteiger partial charge on any atom is -0.352 e. The number of rotatable bonds is 13. The standard InChI is InChI=1S/C36H40ClN3O4S/c1-5-28(4)38-36(42)34(23-29-13-8-6-9-14-29)39(24-30-15-12-16-31(37)22-30)35(41)25-40(32-20-26(2)19-27(3)21-32)45(43,44)33-17-10-7-11-18-33/h6-22,28,34H,5,23-25H2,1-4H3,(H,38,42)/t28-,34-/m0/s1. The van der Waals surface area contributed by atoms with Crippen LogP contribution in [0.2, 0.25) is 5.02 Å². The van der Waals surface area contributed by atoms with Crippen LogP contribution >= 0.6 is 11.6 Å². The lowest BCUT2D eigenvalue weighted by Crippen LogP contribution is -2.54. The molecule has 0 unspecified atom stereocenters. The topological polar surface area (TPSA) is 86.8 Å². The molecule has 9 heteroatoms. The molecule has 0 radical (unpaired) electrons. The molecule has 0 aliphatic carbocycles. The second-order valence-corrected chi connectivity index (χ2v) is 13.6. The van der Waals surface area contributed by atoms with Gasteiger partial charge >= 0.3 is 0 Å². The molecule has 4 aromatic rings. The van der Waals surface area contributed by atoms with Crippen molar-refractivity contribution in [2.45, 2.75) is 64.1 Å². The van der Waals surface area contributed by atoms with Crippen molar-refractivity contribution in [1.29, 1.82) is 0 Å². The van der Waals surface area contributed by atoms with E-state index < -0.39 is 28.5 Å². The Morgan fingerprint density at radius 2 is 1.42 bits per heavy atom. The molecule has 0 aliphatic rings. The van der Waals surface area contributed by atoms with Crippen molar-refractivity contribution >= 4 is 39.1 Å². The fourth-order valence-corrected chi connectivity index (χ4v) is 6.80. The minimum absolute atomic E-state index is 0.0525. The van der Waals surface area contributed by atoms with Crippen LogP contribution in [0.25, 0.3) is 0 Å². The van der Waals surface area contributed by atoms with E-state index in [0.29, 0.717) is 22.7 Å². The summed E-state index contributed by atoms with van der Waals surface area (Å²) in [4.78, 5) is 30.0. The van der Waals surface area contributed by atoms with Gasteiger partial charge in [0.15, 0.2) is 0 Å². The molecule has 4 aromatic carbocycles. The van der Waals surface area contributed by atoms with Crippen LogP contribution in [-0.2, 0) is 32.6 Å². The molecule has 0 saturated carbocycles. The van der Waals surface area contributed by atoms with Gasteiger partial charge in [-0.25, -0.2) is 8.42 Å². The van der Waals surface area contributed by atoms with Crippen LogP contribution in [-0.4, -0.2) is 43.8 Å². The molecule has 236 valence electrons. The summed E-state index contributed by atoms with van der Waals surface area (Å²) in [5.74, 6) is -0.832. The number of benzene rings is 4. The maximum Gasteiger partial charge on any atom is 0.264 e. The van der Waals surface area contributed by atoms with E-state index in [-0.39, 0.29) is 29.8 Å². The van der Waals surface area contributed by atoms with E-state index in [9.17, 15) is 18.0 Å². The Balaban J connectivity index is 1.83. The lowest BCUT2D eigenvalue weighted by Gasteiger charge is -2.34. The summed E-state index contributed by atoms with van der Waals surface area (Å²) in [5, 5.41) is 3.54. The number of aryl methyl sites for hydroxylation is 2.